The van der Waals surface area contributed by atoms with E-state index in [1.807, 2.05) is 30.3 Å². The van der Waals surface area contributed by atoms with Crippen molar-refractivity contribution in [3.05, 3.63) is 48.0 Å². The Bertz CT molecular complexity index is 432. The van der Waals surface area contributed by atoms with Crippen molar-refractivity contribution in [1.29, 1.82) is 0 Å². The van der Waals surface area contributed by atoms with Gasteiger partial charge in [-0.1, -0.05) is 35.9 Å². The number of quaternary nitrogens is 1. The van der Waals surface area contributed by atoms with Crippen LogP contribution in [0, 0.1) is 0 Å². The molecule has 1 aliphatic rings. The number of hydrogen-bond acceptors (Lipinski definition) is 4. The number of benzene rings is 1. The highest BCUT2D eigenvalue weighted by molar-refractivity contribution is 5.72. The van der Waals surface area contributed by atoms with Crippen molar-refractivity contribution >= 4 is 5.97 Å². The Morgan fingerprint density at radius 1 is 1.47 bits per heavy atom. The highest BCUT2D eigenvalue weighted by Crippen LogP contribution is 2.02. The molecule has 1 aromatic carbocycles. The molecule has 0 saturated heterocycles. The lowest BCUT2D eigenvalue weighted by Gasteiger charge is -2.19. The third-order valence-corrected chi connectivity index (χ3v) is 2.50. The molecule has 0 saturated carbocycles. The van der Waals surface area contributed by atoms with Crippen LogP contribution in [0.4, 0.5) is 0 Å². The molecule has 1 heterocycles. The van der Waals surface area contributed by atoms with E-state index >= 15 is 0 Å². The fourth-order valence-corrected chi connectivity index (χ4v) is 1.65. The van der Waals surface area contributed by atoms with Gasteiger partial charge in [0.15, 0.2) is 0 Å². The van der Waals surface area contributed by atoms with Gasteiger partial charge >= 0.3 is 5.97 Å². The molecule has 2 unspecified atom stereocenters. The third-order valence-electron chi connectivity index (χ3n) is 2.50. The zero-order valence-corrected chi connectivity index (χ0v) is 8.92. The molecule has 1 aromatic rings. The average Bonchev–Trinajstić information content (AvgIpc) is 2.73. The number of carboxylic acids is 1. The summed E-state index contributed by atoms with van der Waals surface area (Å²) < 4.78 is 0. The molecule has 0 bridgehead atoms. The zero-order valence-electron chi connectivity index (χ0n) is 8.92. The van der Waals surface area contributed by atoms with E-state index in [1.54, 1.807) is 0 Å². The molecule has 17 heavy (non-hydrogen) atoms. The number of nitrogens with one attached hydrogen (secondary N) is 2. The summed E-state index contributed by atoms with van der Waals surface area (Å²) in [7, 11) is 0. The molecule has 3 N–H and O–H groups in total. The standard InChI is InChI=1S/C11H12N2O4/c14-10-7-13(12-17-10)9(11(15)16)6-8-4-2-1-3-5-8/h1-5,7,9,12,14H,6H2,(H,15,16). The molecule has 0 aliphatic carbocycles. The number of carbonyl (C=O) groups is 1. The van der Waals surface area contributed by atoms with Crippen LogP contribution in [-0.2, 0) is 16.1 Å². The van der Waals surface area contributed by atoms with Crippen LogP contribution >= 0.6 is 0 Å². The Kier molecular flexibility index (Phi) is 3.27. The van der Waals surface area contributed by atoms with Gasteiger partial charge in [0, 0.05) is 6.42 Å². The van der Waals surface area contributed by atoms with E-state index in [0.717, 1.165) is 5.56 Å². The first-order valence-electron chi connectivity index (χ1n) is 5.12. The lowest BCUT2D eigenvalue weighted by atomic mass is 10.1. The van der Waals surface area contributed by atoms with Crippen LogP contribution in [0.2, 0.25) is 0 Å². The maximum absolute atomic E-state index is 11.1. The zero-order chi connectivity index (χ0) is 12.3. The highest BCUT2D eigenvalue weighted by Gasteiger charge is 2.30. The van der Waals surface area contributed by atoms with Crippen molar-refractivity contribution in [2.24, 2.45) is 0 Å². The number of hydrogen-bond donors (Lipinski definition) is 3. The van der Waals surface area contributed by atoms with E-state index in [4.69, 9.17) is 5.11 Å². The average molecular weight is 236 g/mol. The van der Waals surface area contributed by atoms with E-state index in [-0.39, 0.29) is 5.01 Å². The first-order chi connectivity index (χ1) is 8.16. The van der Waals surface area contributed by atoms with E-state index in [0.29, 0.717) is 6.42 Å². The Balaban J connectivity index is 2.11. The van der Waals surface area contributed by atoms with Crippen LogP contribution in [-0.4, -0.2) is 17.1 Å². The summed E-state index contributed by atoms with van der Waals surface area (Å²) >= 11 is 0. The first-order valence-corrected chi connectivity index (χ1v) is 5.12. The molecule has 90 valence electrons. The smallest absolute Gasteiger partial charge is 0.365 e. The maximum Gasteiger partial charge on any atom is 0.365 e. The highest BCUT2D eigenvalue weighted by atomic mass is 16.8. The molecule has 0 aromatic heterocycles. The Morgan fingerprint density at radius 2 is 2.18 bits per heavy atom. The molecule has 0 radical (unpaired) electrons. The Morgan fingerprint density at radius 3 is 2.71 bits per heavy atom. The molecular weight excluding hydrogens is 224 g/mol. The van der Waals surface area contributed by atoms with Gasteiger partial charge in [-0.15, -0.1) is 0 Å². The third kappa shape index (κ3) is 2.74. The summed E-state index contributed by atoms with van der Waals surface area (Å²) in [5, 5.41) is 20.3. The van der Waals surface area contributed by atoms with Gasteiger partial charge in [0.2, 0.25) is 6.04 Å². The van der Waals surface area contributed by atoms with Crippen molar-refractivity contribution in [2.75, 3.05) is 0 Å². The summed E-state index contributed by atoms with van der Waals surface area (Å²) in [6.45, 7) is 0. The number of carboxylic acid groups (broad SMARTS) is 1. The van der Waals surface area contributed by atoms with Crippen molar-refractivity contribution < 1.29 is 24.9 Å². The Labute approximate surface area is 97.7 Å². The van der Waals surface area contributed by atoms with Crippen LogP contribution < -0.4 is 15.7 Å². The second kappa shape index (κ2) is 4.86. The minimum Gasteiger partial charge on any atom is -0.540 e. The largest absolute Gasteiger partial charge is 0.540 e. The van der Waals surface area contributed by atoms with Gasteiger partial charge < -0.3 is 15.1 Å². The van der Waals surface area contributed by atoms with Crippen molar-refractivity contribution in [3.63, 3.8) is 0 Å². The van der Waals surface area contributed by atoms with E-state index in [2.05, 4.69) is 10.4 Å². The molecule has 1 aliphatic heterocycles. The van der Waals surface area contributed by atoms with Gasteiger partial charge in [-0.25, -0.2) is 9.80 Å². The van der Waals surface area contributed by atoms with Gasteiger partial charge in [-0.2, -0.15) is 0 Å². The predicted octanol–water partition coefficient (Wildman–Crippen LogP) is -1.82. The lowest BCUT2D eigenvalue weighted by Crippen LogP contribution is -3.17. The second-order valence-electron chi connectivity index (χ2n) is 3.70. The van der Waals surface area contributed by atoms with E-state index in [1.165, 1.54) is 6.20 Å². The molecule has 0 fully saturated rings. The van der Waals surface area contributed by atoms with Gasteiger partial charge in [0.25, 0.3) is 0 Å². The fourth-order valence-electron chi connectivity index (χ4n) is 1.65. The predicted molar refractivity (Wildman–Crippen MR) is 54.8 cm³/mol. The first kappa shape index (κ1) is 11.4. The van der Waals surface area contributed by atoms with Crippen LogP contribution in [0.15, 0.2) is 42.5 Å². The molecule has 6 nitrogen and oxygen atoms in total. The van der Waals surface area contributed by atoms with Crippen molar-refractivity contribution in [3.8, 4) is 0 Å². The van der Waals surface area contributed by atoms with Gasteiger partial charge in [0.1, 0.15) is 12.1 Å². The second-order valence-corrected chi connectivity index (χ2v) is 3.70. The normalized spacial score (nSPS) is 20.5. The molecular formula is C11H12N2O4. The van der Waals surface area contributed by atoms with Crippen LogP contribution in [0.25, 0.3) is 0 Å². The van der Waals surface area contributed by atoms with Crippen LogP contribution in [0.1, 0.15) is 5.56 Å². The van der Waals surface area contributed by atoms with Gasteiger partial charge in [-0.05, 0) is 5.56 Å². The number of rotatable bonds is 4. The van der Waals surface area contributed by atoms with Crippen molar-refractivity contribution in [2.45, 2.75) is 12.5 Å². The Hall–Kier alpha value is -2.05. The molecule has 2 rings (SSSR count). The van der Waals surface area contributed by atoms with Gasteiger partial charge in [0.05, 0.1) is 0 Å². The molecule has 2 atom stereocenters. The minimum absolute atomic E-state index is 0.284. The minimum atomic E-state index is -0.995. The fraction of sp³-hybridized carbons (Fsp3) is 0.182. The van der Waals surface area contributed by atoms with Crippen LogP contribution in [0.3, 0.4) is 0 Å². The molecule has 0 spiro atoms. The van der Waals surface area contributed by atoms with E-state index in [9.17, 15) is 9.90 Å². The SMILES string of the molecule is O=C(O)C(Cc1ccccc1)[NH+]1C=C([O-])ON1. The lowest BCUT2D eigenvalue weighted by molar-refractivity contribution is -0.928. The summed E-state index contributed by atoms with van der Waals surface area (Å²) in [5.74, 6) is -1.56. The van der Waals surface area contributed by atoms with Gasteiger partial charge in [-0.3, -0.25) is 0 Å². The maximum atomic E-state index is 11.1. The summed E-state index contributed by atoms with van der Waals surface area (Å²) in [6.07, 6.45) is 1.48. The number of aliphatic carboxylic acids is 1. The summed E-state index contributed by atoms with van der Waals surface area (Å²) in [4.78, 5) is 15.6. The van der Waals surface area contributed by atoms with Crippen LogP contribution in [0.5, 0.6) is 0 Å². The molecule has 0 amide bonds. The topological polar surface area (TPSA) is 86.1 Å². The molecule has 6 heteroatoms. The summed E-state index contributed by atoms with van der Waals surface area (Å²) in [6, 6.07) is 8.42. The van der Waals surface area contributed by atoms with Crippen molar-refractivity contribution in [1.82, 2.24) is 5.59 Å². The quantitative estimate of drug-likeness (QED) is 0.573. The monoisotopic (exact) mass is 236 g/mol. The van der Waals surface area contributed by atoms with E-state index < -0.39 is 18.0 Å². The summed E-state index contributed by atoms with van der Waals surface area (Å²) in [5.41, 5.74) is 3.23.